The summed E-state index contributed by atoms with van der Waals surface area (Å²) >= 11 is 5.87. The number of hydrogen-bond donors (Lipinski definition) is 0. The quantitative estimate of drug-likeness (QED) is 0.205. The Kier molecular flexibility index (Phi) is 6.58. The predicted octanol–water partition coefficient (Wildman–Crippen LogP) is 7.77. The highest BCUT2D eigenvalue weighted by atomic mass is 35.5. The first-order valence-corrected chi connectivity index (χ1v) is 11.1. The van der Waals surface area contributed by atoms with E-state index in [4.69, 9.17) is 25.5 Å². The third kappa shape index (κ3) is 5.39. The van der Waals surface area contributed by atoms with Gasteiger partial charge in [0.15, 0.2) is 0 Å². The zero-order chi connectivity index (χ0) is 26.3. The highest BCUT2D eigenvalue weighted by molar-refractivity contribution is 6.30. The zero-order valence-corrected chi connectivity index (χ0v) is 20.2. The summed E-state index contributed by atoms with van der Waals surface area (Å²) in [5, 5.41) is 0.135. The second-order valence-electron chi connectivity index (χ2n) is 9.02. The van der Waals surface area contributed by atoms with Gasteiger partial charge in [-0.1, -0.05) is 50.6 Å². The van der Waals surface area contributed by atoms with Crippen molar-refractivity contribution >= 4 is 28.5 Å². The molecule has 0 saturated carbocycles. The molecule has 0 fully saturated rings. The van der Waals surface area contributed by atoms with Gasteiger partial charge in [-0.25, -0.2) is 4.79 Å². The molecule has 186 valence electrons. The van der Waals surface area contributed by atoms with Crippen LogP contribution < -0.4 is 14.9 Å². The number of benzene rings is 3. The van der Waals surface area contributed by atoms with Crippen molar-refractivity contribution < 1.29 is 31.9 Å². The Morgan fingerprint density at radius 2 is 1.58 bits per heavy atom. The fraction of sp³-hybridized carbons (Fsp3) is 0.185. The average Bonchev–Trinajstić information content (AvgIpc) is 2.79. The van der Waals surface area contributed by atoms with Gasteiger partial charge in [0.2, 0.25) is 11.2 Å². The fourth-order valence-corrected chi connectivity index (χ4v) is 3.61. The smallest absolute Gasteiger partial charge is 0.449 e. The van der Waals surface area contributed by atoms with E-state index in [-0.39, 0.29) is 27.9 Å². The third-order valence-corrected chi connectivity index (χ3v) is 5.53. The van der Waals surface area contributed by atoms with Crippen molar-refractivity contribution in [3.8, 4) is 17.2 Å². The van der Waals surface area contributed by atoms with Crippen LogP contribution in [-0.4, -0.2) is 5.97 Å². The van der Waals surface area contributed by atoms with E-state index in [1.54, 1.807) is 24.3 Å². The van der Waals surface area contributed by atoms with Gasteiger partial charge in [-0.3, -0.25) is 4.79 Å². The molecule has 0 bridgehead atoms. The Hall–Kier alpha value is -3.78. The molecule has 0 aliphatic heterocycles. The van der Waals surface area contributed by atoms with Crippen molar-refractivity contribution in [2.45, 2.75) is 32.4 Å². The minimum Gasteiger partial charge on any atom is -0.449 e. The van der Waals surface area contributed by atoms with E-state index in [0.29, 0.717) is 5.02 Å². The van der Waals surface area contributed by atoms with Crippen LogP contribution in [0.3, 0.4) is 0 Å². The van der Waals surface area contributed by atoms with Crippen LogP contribution in [0.1, 0.15) is 42.5 Å². The molecule has 1 aromatic heterocycles. The summed E-state index contributed by atoms with van der Waals surface area (Å²) in [6, 6.07) is 15.9. The first-order chi connectivity index (χ1) is 16.8. The monoisotopic (exact) mass is 516 g/mol. The molecule has 1 heterocycles. The maximum absolute atomic E-state index is 13.8. The molecular formula is C27H20ClF3O5. The Bertz CT molecular complexity index is 1500. The second-order valence-corrected chi connectivity index (χ2v) is 9.46. The van der Waals surface area contributed by atoms with Gasteiger partial charge in [-0.05, 0) is 53.4 Å². The summed E-state index contributed by atoms with van der Waals surface area (Å²) in [6.07, 6.45) is -5.03. The van der Waals surface area contributed by atoms with E-state index < -0.39 is 34.7 Å². The van der Waals surface area contributed by atoms with Crippen LogP contribution in [0.5, 0.6) is 17.2 Å². The number of halogens is 4. The van der Waals surface area contributed by atoms with Gasteiger partial charge in [0.05, 0.1) is 10.9 Å². The van der Waals surface area contributed by atoms with Crippen LogP contribution in [0.25, 0.3) is 11.0 Å². The van der Waals surface area contributed by atoms with Crippen molar-refractivity contribution in [1.82, 2.24) is 0 Å². The average molecular weight is 517 g/mol. The number of carbonyl (C=O) groups excluding carboxylic acids is 1. The number of ether oxygens (including phenoxy) is 2. The summed E-state index contributed by atoms with van der Waals surface area (Å²) in [5.74, 6) is -3.43. The minimum atomic E-state index is -5.03. The van der Waals surface area contributed by atoms with Gasteiger partial charge in [-0.15, -0.1) is 0 Å². The molecule has 0 saturated heterocycles. The highest BCUT2D eigenvalue weighted by Gasteiger charge is 2.40. The summed E-state index contributed by atoms with van der Waals surface area (Å²) in [6.45, 7) is 5.97. The number of rotatable bonds is 4. The lowest BCUT2D eigenvalue weighted by Gasteiger charge is -2.19. The lowest BCUT2D eigenvalue weighted by atomic mass is 9.87. The number of esters is 1. The standard InChI is InChI=1S/C27H20ClF3O5/c1-26(2,3)16-7-9-18(10-8-16)34-23-22(32)20-12-11-19(14-21(20)36-24(23)27(29,30)31)35-25(33)15-5-4-6-17(28)13-15/h4-14H,1-3H3. The van der Waals surface area contributed by atoms with E-state index in [0.717, 1.165) is 11.6 Å². The molecule has 3 aromatic carbocycles. The first kappa shape index (κ1) is 25.3. The molecule has 4 aromatic rings. The molecule has 0 unspecified atom stereocenters. The van der Waals surface area contributed by atoms with Gasteiger partial charge in [0, 0.05) is 11.1 Å². The molecule has 0 spiro atoms. The Morgan fingerprint density at radius 3 is 2.19 bits per heavy atom. The largest absolute Gasteiger partial charge is 0.453 e. The molecule has 9 heteroatoms. The predicted molar refractivity (Wildman–Crippen MR) is 129 cm³/mol. The van der Waals surface area contributed by atoms with Crippen LogP contribution >= 0.6 is 11.6 Å². The minimum absolute atomic E-state index is 0.0484. The second kappa shape index (κ2) is 9.35. The molecule has 0 radical (unpaired) electrons. The Labute approximate surface area is 209 Å². The Morgan fingerprint density at radius 1 is 0.917 bits per heavy atom. The topological polar surface area (TPSA) is 65.7 Å². The number of hydrogen-bond acceptors (Lipinski definition) is 5. The van der Waals surface area contributed by atoms with E-state index in [1.807, 2.05) is 20.8 Å². The number of carbonyl (C=O) groups is 1. The molecule has 0 N–H and O–H groups in total. The third-order valence-electron chi connectivity index (χ3n) is 5.29. The van der Waals surface area contributed by atoms with E-state index >= 15 is 0 Å². The van der Waals surface area contributed by atoms with Crippen LogP contribution in [0.2, 0.25) is 5.02 Å². The maximum atomic E-state index is 13.8. The molecular weight excluding hydrogens is 497 g/mol. The lowest BCUT2D eigenvalue weighted by molar-refractivity contribution is -0.154. The van der Waals surface area contributed by atoms with Crippen molar-refractivity contribution in [3.05, 3.63) is 98.9 Å². The van der Waals surface area contributed by atoms with Gasteiger partial charge in [-0.2, -0.15) is 13.2 Å². The van der Waals surface area contributed by atoms with Crippen LogP contribution in [-0.2, 0) is 11.6 Å². The molecule has 0 amide bonds. The number of alkyl halides is 3. The van der Waals surface area contributed by atoms with Gasteiger partial charge in [0.25, 0.3) is 5.76 Å². The van der Waals surface area contributed by atoms with Crippen LogP contribution in [0, 0.1) is 0 Å². The van der Waals surface area contributed by atoms with Crippen molar-refractivity contribution in [2.75, 3.05) is 0 Å². The lowest BCUT2D eigenvalue weighted by Crippen LogP contribution is -2.16. The molecule has 0 atom stereocenters. The van der Waals surface area contributed by atoms with Crippen molar-refractivity contribution in [1.29, 1.82) is 0 Å². The first-order valence-electron chi connectivity index (χ1n) is 10.8. The van der Waals surface area contributed by atoms with Gasteiger partial charge >= 0.3 is 12.1 Å². The molecule has 0 aliphatic carbocycles. The number of fused-ring (bicyclic) bond motifs is 1. The summed E-state index contributed by atoms with van der Waals surface area (Å²) < 4.78 is 57.2. The van der Waals surface area contributed by atoms with E-state index in [1.165, 1.54) is 36.4 Å². The van der Waals surface area contributed by atoms with E-state index in [9.17, 15) is 22.8 Å². The molecule has 0 aliphatic rings. The van der Waals surface area contributed by atoms with Crippen molar-refractivity contribution in [3.63, 3.8) is 0 Å². The summed E-state index contributed by atoms with van der Waals surface area (Å²) in [4.78, 5) is 25.4. The maximum Gasteiger partial charge on any atom is 0.453 e. The van der Waals surface area contributed by atoms with Crippen molar-refractivity contribution in [2.24, 2.45) is 0 Å². The Balaban J connectivity index is 1.72. The summed E-state index contributed by atoms with van der Waals surface area (Å²) in [5.41, 5.74) is -0.529. The SMILES string of the molecule is CC(C)(C)c1ccc(Oc2c(C(F)(F)F)oc3cc(OC(=O)c4cccc(Cl)c4)ccc3c2=O)cc1. The molecule has 4 rings (SSSR count). The van der Waals surface area contributed by atoms with Gasteiger partial charge < -0.3 is 13.9 Å². The van der Waals surface area contributed by atoms with E-state index in [2.05, 4.69) is 0 Å². The summed E-state index contributed by atoms with van der Waals surface area (Å²) in [7, 11) is 0. The van der Waals surface area contributed by atoms with Gasteiger partial charge in [0.1, 0.15) is 17.1 Å². The molecule has 5 nitrogen and oxygen atoms in total. The fourth-order valence-electron chi connectivity index (χ4n) is 3.42. The normalized spacial score (nSPS) is 12.0. The highest BCUT2D eigenvalue weighted by Crippen LogP contribution is 2.39. The van der Waals surface area contributed by atoms with Crippen LogP contribution in [0.15, 0.2) is 75.9 Å². The molecule has 36 heavy (non-hydrogen) atoms. The zero-order valence-electron chi connectivity index (χ0n) is 19.4. The van der Waals surface area contributed by atoms with Crippen LogP contribution in [0.4, 0.5) is 13.2 Å².